The number of piperidine rings is 1. The van der Waals surface area contributed by atoms with E-state index in [0.29, 0.717) is 12.1 Å². The molecule has 4 rings (SSSR count). The molecule has 0 bridgehead atoms. The van der Waals surface area contributed by atoms with Crippen molar-refractivity contribution < 1.29 is 9.90 Å². The lowest BCUT2D eigenvalue weighted by Gasteiger charge is -2.35. The van der Waals surface area contributed by atoms with Crippen LogP contribution in [-0.2, 0) is 0 Å². The van der Waals surface area contributed by atoms with E-state index in [1.54, 1.807) is 17.5 Å². The van der Waals surface area contributed by atoms with E-state index in [-0.39, 0.29) is 11.8 Å². The number of likely N-dealkylation sites (tertiary alicyclic amines) is 1. The number of aromatic amines is 1. The highest BCUT2D eigenvalue weighted by molar-refractivity contribution is 7.13. The summed E-state index contributed by atoms with van der Waals surface area (Å²) in [5.74, 6) is 0.244. The molecule has 6 heteroatoms. The number of aromatic nitrogens is 2. The fourth-order valence-corrected chi connectivity index (χ4v) is 4.10. The number of hydrogen-bond donors (Lipinski definition) is 2. The highest BCUT2D eigenvalue weighted by Gasteiger charge is 2.49. The number of carbonyl (C=O) groups is 1. The largest absolute Gasteiger partial charge is 0.390 e. The average Bonchev–Trinajstić information content (AvgIpc) is 3.01. The van der Waals surface area contributed by atoms with Crippen LogP contribution >= 0.6 is 11.3 Å². The lowest BCUT2D eigenvalue weighted by atomic mass is 9.90. The molecule has 2 aromatic heterocycles. The first-order valence-electron chi connectivity index (χ1n) is 7.76. The summed E-state index contributed by atoms with van der Waals surface area (Å²) in [6.45, 7) is 1.42. The summed E-state index contributed by atoms with van der Waals surface area (Å²) in [4.78, 5) is 15.8. The average molecular weight is 317 g/mol. The Kier molecular flexibility index (Phi) is 3.31. The van der Waals surface area contributed by atoms with Gasteiger partial charge in [0.25, 0.3) is 5.91 Å². The van der Waals surface area contributed by atoms with Crippen LogP contribution < -0.4 is 0 Å². The van der Waals surface area contributed by atoms with Crippen molar-refractivity contribution in [3.05, 3.63) is 29.3 Å². The number of nitrogens with one attached hydrogen (secondary N) is 1. The Morgan fingerprint density at radius 2 is 2.36 bits per heavy atom. The molecule has 1 aliphatic heterocycles. The Labute approximate surface area is 133 Å². The maximum atomic E-state index is 12.9. The van der Waals surface area contributed by atoms with Crippen LogP contribution in [0.1, 0.15) is 36.0 Å². The summed E-state index contributed by atoms with van der Waals surface area (Å²) < 4.78 is 0. The van der Waals surface area contributed by atoms with Crippen molar-refractivity contribution in [1.29, 1.82) is 0 Å². The molecule has 22 heavy (non-hydrogen) atoms. The molecular formula is C16H19N3O2S. The number of hydrogen-bond acceptors (Lipinski definition) is 4. The molecule has 5 nitrogen and oxygen atoms in total. The number of amides is 1. The molecule has 116 valence electrons. The van der Waals surface area contributed by atoms with Gasteiger partial charge in [0.2, 0.25) is 0 Å². The maximum Gasteiger partial charge on any atom is 0.257 e. The Balaban J connectivity index is 1.56. The number of thiophene rings is 1. The van der Waals surface area contributed by atoms with Crippen LogP contribution in [0.4, 0.5) is 0 Å². The van der Waals surface area contributed by atoms with Crippen molar-refractivity contribution >= 4 is 17.2 Å². The highest BCUT2D eigenvalue weighted by atomic mass is 32.1. The van der Waals surface area contributed by atoms with Gasteiger partial charge in [0, 0.05) is 19.0 Å². The third-order valence-electron chi connectivity index (χ3n) is 4.87. The van der Waals surface area contributed by atoms with Crippen LogP contribution in [-0.4, -0.2) is 44.8 Å². The minimum Gasteiger partial charge on any atom is -0.390 e. The fourth-order valence-electron chi connectivity index (χ4n) is 3.36. The predicted molar refractivity (Wildman–Crippen MR) is 84.7 cm³/mol. The first-order valence-corrected chi connectivity index (χ1v) is 8.64. The summed E-state index contributed by atoms with van der Waals surface area (Å²) in [6, 6.07) is 3.95. The number of H-pyrrole nitrogens is 1. The Hall–Kier alpha value is -1.66. The molecule has 1 atom stereocenters. The molecule has 2 fully saturated rings. The second kappa shape index (κ2) is 5.21. The molecule has 2 aliphatic rings. The first kappa shape index (κ1) is 14.0. The smallest absolute Gasteiger partial charge is 0.257 e. The van der Waals surface area contributed by atoms with Gasteiger partial charge in [-0.1, -0.05) is 6.07 Å². The Morgan fingerprint density at radius 3 is 3.09 bits per heavy atom. The van der Waals surface area contributed by atoms with E-state index in [2.05, 4.69) is 10.2 Å². The quantitative estimate of drug-likeness (QED) is 0.914. The molecule has 1 aliphatic carbocycles. The van der Waals surface area contributed by atoms with Crippen molar-refractivity contribution in [1.82, 2.24) is 15.1 Å². The van der Waals surface area contributed by atoms with Crippen LogP contribution in [0, 0.1) is 5.92 Å². The highest BCUT2D eigenvalue weighted by Crippen LogP contribution is 2.45. The van der Waals surface area contributed by atoms with E-state index in [9.17, 15) is 9.90 Å². The molecule has 3 heterocycles. The van der Waals surface area contributed by atoms with Gasteiger partial charge in [0.15, 0.2) is 0 Å². The maximum absolute atomic E-state index is 12.9. The topological polar surface area (TPSA) is 69.2 Å². The number of carbonyl (C=O) groups excluding carboxylic acids is 1. The van der Waals surface area contributed by atoms with Crippen molar-refractivity contribution in [3.8, 4) is 10.6 Å². The molecule has 2 aromatic rings. The van der Waals surface area contributed by atoms with Gasteiger partial charge in [0.05, 0.1) is 27.9 Å². The molecular weight excluding hydrogens is 298 g/mol. The van der Waals surface area contributed by atoms with Gasteiger partial charge in [0.1, 0.15) is 0 Å². The summed E-state index contributed by atoms with van der Waals surface area (Å²) in [5, 5.41) is 19.3. The van der Waals surface area contributed by atoms with Crippen LogP contribution in [0.15, 0.2) is 23.7 Å². The summed E-state index contributed by atoms with van der Waals surface area (Å²) >= 11 is 1.59. The van der Waals surface area contributed by atoms with Gasteiger partial charge >= 0.3 is 0 Å². The summed E-state index contributed by atoms with van der Waals surface area (Å²) in [6.07, 6.45) is 5.36. The van der Waals surface area contributed by atoms with E-state index in [4.69, 9.17) is 0 Å². The molecule has 2 N–H and O–H groups in total. The van der Waals surface area contributed by atoms with Gasteiger partial charge < -0.3 is 10.0 Å². The zero-order valence-corrected chi connectivity index (χ0v) is 13.1. The SMILES string of the molecule is O=C(c1cn[nH]c1-c1cccs1)N1CCCC(C2(O)CC2)C1. The zero-order valence-electron chi connectivity index (χ0n) is 12.3. The third kappa shape index (κ3) is 2.36. The number of aliphatic hydroxyl groups is 1. The summed E-state index contributed by atoms with van der Waals surface area (Å²) in [7, 11) is 0. The lowest BCUT2D eigenvalue weighted by Crippen LogP contribution is -2.44. The molecule has 1 saturated heterocycles. The lowest BCUT2D eigenvalue weighted by molar-refractivity contribution is 0.0282. The monoisotopic (exact) mass is 317 g/mol. The molecule has 0 radical (unpaired) electrons. The summed E-state index contributed by atoms with van der Waals surface area (Å²) in [5.41, 5.74) is 0.921. The van der Waals surface area contributed by atoms with Crippen LogP contribution in [0.25, 0.3) is 10.6 Å². The fraction of sp³-hybridized carbons (Fsp3) is 0.500. The second-order valence-corrected chi connectivity index (χ2v) is 7.28. The van der Waals surface area contributed by atoms with Gasteiger partial charge in [-0.2, -0.15) is 5.10 Å². The van der Waals surface area contributed by atoms with Crippen molar-refractivity contribution in [2.45, 2.75) is 31.3 Å². The molecule has 1 unspecified atom stereocenters. The standard InChI is InChI=1S/C16H19N3O2S/c20-15(12-9-17-18-14(12)13-4-2-8-22-13)19-7-1-3-11(10-19)16(21)5-6-16/h2,4,8-9,11,21H,1,3,5-7,10H2,(H,17,18). The van der Waals surface area contributed by atoms with E-state index in [0.717, 1.165) is 42.8 Å². The van der Waals surface area contributed by atoms with Gasteiger partial charge in [-0.25, -0.2) is 0 Å². The zero-order chi connectivity index (χ0) is 15.2. The molecule has 1 saturated carbocycles. The van der Waals surface area contributed by atoms with Gasteiger partial charge in [-0.3, -0.25) is 9.89 Å². The first-order chi connectivity index (χ1) is 10.7. The van der Waals surface area contributed by atoms with Crippen molar-refractivity contribution in [3.63, 3.8) is 0 Å². The van der Waals surface area contributed by atoms with E-state index in [1.165, 1.54) is 0 Å². The van der Waals surface area contributed by atoms with E-state index in [1.807, 2.05) is 22.4 Å². The molecule has 0 aromatic carbocycles. The molecule has 0 spiro atoms. The Bertz CT molecular complexity index is 675. The third-order valence-corrected chi connectivity index (χ3v) is 5.76. The van der Waals surface area contributed by atoms with Crippen LogP contribution in [0.5, 0.6) is 0 Å². The second-order valence-electron chi connectivity index (χ2n) is 6.33. The van der Waals surface area contributed by atoms with Crippen molar-refractivity contribution in [2.24, 2.45) is 5.92 Å². The Morgan fingerprint density at radius 1 is 1.50 bits per heavy atom. The van der Waals surface area contributed by atoms with E-state index >= 15 is 0 Å². The van der Waals surface area contributed by atoms with Gasteiger partial charge in [-0.05, 0) is 37.1 Å². The van der Waals surface area contributed by atoms with Gasteiger partial charge in [-0.15, -0.1) is 11.3 Å². The molecule has 1 amide bonds. The minimum absolute atomic E-state index is 0.0195. The van der Waals surface area contributed by atoms with Crippen LogP contribution in [0.3, 0.4) is 0 Å². The number of nitrogens with zero attached hydrogens (tertiary/aromatic N) is 2. The minimum atomic E-state index is -0.508. The number of rotatable bonds is 3. The van der Waals surface area contributed by atoms with Crippen LogP contribution in [0.2, 0.25) is 0 Å². The normalized spacial score (nSPS) is 23.5. The van der Waals surface area contributed by atoms with Crippen molar-refractivity contribution in [2.75, 3.05) is 13.1 Å². The van der Waals surface area contributed by atoms with E-state index < -0.39 is 5.60 Å². The predicted octanol–water partition coefficient (Wildman–Crippen LogP) is 2.52.